The molecular formula is C19H24N4O2. The van der Waals surface area contributed by atoms with Crippen molar-refractivity contribution in [2.45, 2.75) is 26.2 Å². The van der Waals surface area contributed by atoms with Crippen molar-refractivity contribution < 1.29 is 4.79 Å². The Morgan fingerprint density at radius 2 is 2.12 bits per heavy atom. The Kier molecular flexibility index (Phi) is 5.28. The van der Waals surface area contributed by atoms with E-state index in [1.54, 1.807) is 4.90 Å². The first-order valence-corrected chi connectivity index (χ1v) is 8.74. The van der Waals surface area contributed by atoms with Crippen LogP contribution in [0.15, 0.2) is 35.3 Å². The van der Waals surface area contributed by atoms with Gasteiger partial charge in [0.25, 0.3) is 11.5 Å². The summed E-state index contributed by atoms with van der Waals surface area (Å²) in [4.78, 5) is 33.9. The molecule has 0 bridgehead atoms. The smallest absolute Gasteiger partial charge is 0.264 e. The average molecular weight is 340 g/mol. The molecule has 1 saturated heterocycles. The zero-order valence-corrected chi connectivity index (χ0v) is 14.5. The Hall–Kier alpha value is -2.47. The molecule has 6 heteroatoms. The predicted octanol–water partition coefficient (Wildman–Crippen LogP) is 1.95. The molecule has 1 amide bonds. The molecule has 25 heavy (non-hydrogen) atoms. The van der Waals surface area contributed by atoms with Crippen LogP contribution in [-0.2, 0) is 0 Å². The van der Waals surface area contributed by atoms with Gasteiger partial charge in [0.1, 0.15) is 11.4 Å². The van der Waals surface area contributed by atoms with Crippen LogP contribution in [0.3, 0.4) is 0 Å². The molecule has 132 valence electrons. The molecule has 1 aromatic heterocycles. The van der Waals surface area contributed by atoms with Crippen LogP contribution < -0.4 is 11.3 Å². The number of amides is 1. The maximum atomic E-state index is 12.7. The lowest BCUT2D eigenvalue weighted by molar-refractivity contribution is 0.0667. The van der Waals surface area contributed by atoms with Crippen molar-refractivity contribution in [2.24, 2.45) is 11.7 Å². The molecule has 3 rings (SSSR count). The first kappa shape index (κ1) is 17.4. The molecule has 1 aliphatic rings. The van der Waals surface area contributed by atoms with Crippen LogP contribution in [0.2, 0.25) is 0 Å². The fourth-order valence-electron chi connectivity index (χ4n) is 3.30. The van der Waals surface area contributed by atoms with Gasteiger partial charge in [-0.3, -0.25) is 9.59 Å². The molecule has 3 N–H and O–H groups in total. The van der Waals surface area contributed by atoms with E-state index in [1.807, 2.05) is 31.2 Å². The summed E-state index contributed by atoms with van der Waals surface area (Å²) in [5.74, 6) is 0.647. The molecule has 1 atom stereocenters. The summed E-state index contributed by atoms with van der Waals surface area (Å²) in [7, 11) is 0. The fraction of sp³-hybridized carbons (Fsp3) is 0.421. The standard InChI is InChI=1S/C19H24N4O2/c1-13-4-6-15(7-5-13)17-21-11-16(18(24)22-17)19(25)23-10-2-3-14(12-23)8-9-20/h4-7,11,14H,2-3,8-10,12,20H2,1H3,(H,21,22,24). The maximum Gasteiger partial charge on any atom is 0.264 e. The van der Waals surface area contributed by atoms with Crippen LogP contribution in [0, 0.1) is 12.8 Å². The molecule has 1 aromatic carbocycles. The normalized spacial score (nSPS) is 17.5. The molecule has 2 aromatic rings. The first-order chi connectivity index (χ1) is 12.1. The number of rotatable bonds is 4. The molecule has 6 nitrogen and oxygen atoms in total. The van der Waals surface area contributed by atoms with Crippen molar-refractivity contribution in [3.8, 4) is 11.4 Å². The van der Waals surface area contributed by atoms with Gasteiger partial charge in [0.15, 0.2) is 0 Å². The third-order valence-corrected chi connectivity index (χ3v) is 4.74. The van der Waals surface area contributed by atoms with Crippen LogP contribution in [0.25, 0.3) is 11.4 Å². The third-order valence-electron chi connectivity index (χ3n) is 4.74. The van der Waals surface area contributed by atoms with Gasteiger partial charge < -0.3 is 15.6 Å². The molecule has 1 aliphatic heterocycles. The highest BCUT2D eigenvalue weighted by molar-refractivity contribution is 5.93. The topological polar surface area (TPSA) is 92.1 Å². The van der Waals surface area contributed by atoms with Gasteiger partial charge in [0.05, 0.1) is 0 Å². The number of H-pyrrole nitrogens is 1. The quantitative estimate of drug-likeness (QED) is 0.890. The lowest BCUT2D eigenvalue weighted by atomic mass is 9.94. The highest BCUT2D eigenvalue weighted by Gasteiger charge is 2.26. The summed E-state index contributed by atoms with van der Waals surface area (Å²) in [5.41, 5.74) is 7.29. The summed E-state index contributed by atoms with van der Waals surface area (Å²) >= 11 is 0. The van der Waals surface area contributed by atoms with Gasteiger partial charge >= 0.3 is 0 Å². The minimum absolute atomic E-state index is 0.101. The van der Waals surface area contributed by atoms with E-state index in [9.17, 15) is 9.59 Å². The van der Waals surface area contributed by atoms with Gasteiger partial charge in [0, 0.05) is 24.8 Å². The van der Waals surface area contributed by atoms with Gasteiger partial charge in [-0.05, 0) is 38.6 Å². The van der Waals surface area contributed by atoms with Crippen LogP contribution >= 0.6 is 0 Å². The molecule has 1 fully saturated rings. The molecule has 0 radical (unpaired) electrons. The second-order valence-corrected chi connectivity index (χ2v) is 6.68. The number of hydrogen-bond acceptors (Lipinski definition) is 4. The number of aromatic nitrogens is 2. The number of aryl methyl sites for hydroxylation is 1. The summed E-state index contributed by atoms with van der Waals surface area (Å²) < 4.78 is 0. The monoisotopic (exact) mass is 340 g/mol. The Morgan fingerprint density at radius 3 is 2.80 bits per heavy atom. The van der Waals surface area contributed by atoms with Crippen molar-refractivity contribution in [3.05, 3.63) is 51.9 Å². The van der Waals surface area contributed by atoms with Crippen LogP contribution in [0.1, 0.15) is 35.2 Å². The number of aromatic amines is 1. The summed E-state index contributed by atoms with van der Waals surface area (Å²) in [6.07, 6.45) is 4.33. The van der Waals surface area contributed by atoms with Gasteiger partial charge in [-0.25, -0.2) is 4.98 Å². The minimum atomic E-state index is -0.392. The second kappa shape index (κ2) is 7.61. The van der Waals surface area contributed by atoms with E-state index in [0.717, 1.165) is 30.4 Å². The van der Waals surface area contributed by atoms with E-state index in [4.69, 9.17) is 5.73 Å². The number of carbonyl (C=O) groups is 1. The van der Waals surface area contributed by atoms with Gasteiger partial charge in [0.2, 0.25) is 0 Å². The van der Waals surface area contributed by atoms with Crippen molar-refractivity contribution in [1.82, 2.24) is 14.9 Å². The van der Waals surface area contributed by atoms with E-state index >= 15 is 0 Å². The lowest BCUT2D eigenvalue weighted by Gasteiger charge is -2.32. The Bertz CT molecular complexity index is 796. The number of piperidine rings is 1. The lowest BCUT2D eigenvalue weighted by Crippen LogP contribution is -2.42. The summed E-state index contributed by atoms with van der Waals surface area (Å²) in [6.45, 7) is 3.96. The number of carbonyl (C=O) groups excluding carboxylic acids is 1. The van der Waals surface area contributed by atoms with Crippen LogP contribution in [0.4, 0.5) is 0 Å². The number of nitrogens with one attached hydrogen (secondary N) is 1. The van der Waals surface area contributed by atoms with E-state index < -0.39 is 5.56 Å². The molecule has 0 spiro atoms. The predicted molar refractivity (Wildman–Crippen MR) is 97.3 cm³/mol. The highest BCUT2D eigenvalue weighted by atomic mass is 16.2. The van der Waals surface area contributed by atoms with E-state index in [1.165, 1.54) is 6.20 Å². The van der Waals surface area contributed by atoms with Gasteiger partial charge in [-0.2, -0.15) is 0 Å². The SMILES string of the molecule is Cc1ccc(-c2ncc(C(=O)N3CCCC(CCN)C3)c(=O)[nH]2)cc1. The summed E-state index contributed by atoms with van der Waals surface area (Å²) in [5, 5.41) is 0. The summed E-state index contributed by atoms with van der Waals surface area (Å²) in [6, 6.07) is 7.72. The Morgan fingerprint density at radius 1 is 1.36 bits per heavy atom. The van der Waals surface area contributed by atoms with Crippen molar-refractivity contribution in [2.75, 3.05) is 19.6 Å². The fourth-order valence-corrected chi connectivity index (χ4v) is 3.30. The first-order valence-electron chi connectivity index (χ1n) is 8.74. The van der Waals surface area contributed by atoms with E-state index in [2.05, 4.69) is 9.97 Å². The van der Waals surface area contributed by atoms with Crippen molar-refractivity contribution in [1.29, 1.82) is 0 Å². The van der Waals surface area contributed by atoms with Crippen molar-refractivity contribution >= 4 is 5.91 Å². The second-order valence-electron chi connectivity index (χ2n) is 6.68. The number of nitrogens with two attached hydrogens (primary N) is 1. The minimum Gasteiger partial charge on any atom is -0.338 e. The largest absolute Gasteiger partial charge is 0.338 e. The van der Waals surface area contributed by atoms with Gasteiger partial charge in [-0.1, -0.05) is 29.8 Å². The molecule has 0 aliphatic carbocycles. The zero-order valence-electron chi connectivity index (χ0n) is 14.5. The van der Waals surface area contributed by atoms with Crippen LogP contribution in [-0.4, -0.2) is 40.4 Å². The van der Waals surface area contributed by atoms with Gasteiger partial charge in [-0.15, -0.1) is 0 Å². The zero-order chi connectivity index (χ0) is 17.8. The number of hydrogen-bond donors (Lipinski definition) is 2. The van der Waals surface area contributed by atoms with Crippen LogP contribution in [0.5, 0.6) is 0 Å². The Balaban J connectivity index is 1.79. The number of likely N-dealkylation sites (tertiary alicyclic amines) is 1. The molecular weight excluding hydrogens is 316 g/mol. The number of nitrogens with zero attached hydrogens (tertiary/aromatic N) is 2. The van der Waals surface area contributed by atoms with E-state index in [0.29, 0.717) is 31.4 Å². The average Bonchev–Trinajstić information content (AvgIpc) is 2.62. The Labute approximate surface area is 147 Å². The molecule has 1 unspecified atom stereocenters. The molecule has 2 heterocycles. The maximum absolute atomic E-state index is 12.7. The molecule has 0 saturated carbocycles. The van der Waals surface area contributed by atoms with E-state index in [-0.39, 0.29) is 11.5 Å². The van der Waals surface area contributed by atoms with Crippen molar-refractivity contribution in [3.63, 3.8) is 0 Å². The number of benzene rings is 1. The highest BCUT2D eigenvalue weighted by Crippen LogP contribution is 2.20. The third kappa shape index (κ3) is 3.96.